The summed E-state index contributed by atoms with van der Waals surface area (Å²) in [6, 6.07) is 39.1. The van der Waals surface area contributed by atoms with E-state index in [1.165, 1.54) is 50.1 Å². The smallest absolute Gasteiger partial charge is 0.507 e. The second-order valence-electron chi connectivity index (χ2n) is 24.3. The minimum absolute atomic E-state index is 0. The Morgan fingerprint density at radius 2 is 1.16 bits per heavy atom. The largest absolute Gasteiger partial charge is 2.00 e. The summed E-state index contributed by atoms with van der Waals surface area (Å²) in [6.45, 7) is 40.5. The van der Waals surface area contributed by atoms with Crippen LogP contribution in [0.5, 0.6) is 11.5 Å². The van der Waals surface area contributed by atoms with Crippen molar-refractivity contribution in [3.05, 3.63) is 164 Å². The molecule has 1 aliphatic carbocycles. The topological polar surface area (TPSA) is 47.0 Å². The van der Waals surface area contributed by atoms with Crippen LogP contribution < -0.4 is 9.64 Å². The Kier molecular flexibility index (Phi) is 11.4. The molecule has 0 fully saturated rings. The summed E-state index contributed by atoms with van der Waals surface area (Å²) >= 11 is 0. The number of fused-ring (bicyclic) bond motifs is 8. The predicted octanol–water partition coefficient (Wildman–Crippen LogP) is 16.0. The monoisotopic (exact) mass is 1070 g/mol. The van der Waals surface area contributed by atoms with Gasteiger partial charge in [0.15, 0.2) is 0 Å². The maximum atomic E-state index is 7.32. The molecule has 1 aromatic heterocycles. The molecule has 0 amide bonds. The molecule has 3 aliphatic rings. The van der Waals surface area contributed by atoms with E-state index in [0.717, 1.165) is 39.4 Å². The van der Waals surface area contributed by atoms with Crippen molar-refractivity contribution in [2.24, 2.45) is 4.99 Å². The fourth-order valence-corrected chi connectivity index (χ4v) is 10.2. The second-order valence-corrected chi connectivity index (χ2v) is 24.3. The van der Waals surface area contributed by atoms with E-state index in [0.29, 0.717) is 17.4 Å². The number of benzene rings is 5. The maximum Gasteiger partial charge on any atom is 2.00 e. The van der Waals surface area contributed by atoms with Crippen LogP contribution in [0.3, 0.4) is 0 Å². The van der Waals surface area contributed by atoms with Gasteiger partial charge in [-0.2, -0.15) is 6.07 Å². The third-order valence-corrected chi connectivity index (χ3v) is 14.8. The molecule has 2 atom stereocenters. The number of rotatable bonds is 4. The van der Waals surface area contributed by atoms with Gasteiger partial charge in [0.2, 0.25) is 0 Å². The number of pyridine rings is 1. The fourth-order valence-electron chi connectivity index (χ4n) is 10.2. The number of nitrogens with zero attached hydrogens (tertiary/aromatic N) is 3. The fraction of sp³-hybridized carbons (Fsp3) is 0.410. The first-order chi connectivity index (χ1) is 30.5. The van der Waals surface area contributed by atoms with Crippen molar-refractivity contribution in [3.8, 4) is 22.6 Å². The number of aromatic nitrogens is 1. The van der Waals surface area contributed by atoms with E-state index in [1.807, 2.05) is 6.20 Å². The molecule has 0 spiro atoms. The van der Waals surface area contributed by atoms with E-state index in [-0.39, 0.29) is 48.1 Å². The van der Waals surface area contributed by atoms with Crippen LogP contribution in [0.1, 0.15) is 172 Å². The molecular formula is C61H69N3O2Pt. The van der Waals surface area contributed by atoms with Crippen molar-refractivity contribution in [1.82, 2.24) is 4.98 Å². The Morgan fingerprint density at radius 1 is 0.582 bits per heavy atom. The third kappa shape index (κ3) is 7.99. The zero-order valence-electron chi connectivity index (χ0n) is 43.1. The van der Waals surface area contributed by atoms with Gasteiger partial charge in [0.05, 0.1) is 0 Å². The van der Waals surface area contributed by atoms with E-state index >= 15 is 0 Å². The summed E-state index contributed by atoms with van der Waals surface area (Å²) in [4.78, 5) is 12.9. The molecule has 67 heavy (non-hydrogen) atoms. The van der Waals surface area contributed by atoms with Crippen LogP contribution in [0, 0.1) is 26.0 Å². The number of aryl methyl sites for hydroxylation is 2. The first kappa shape index (κ1) is 48.5. The van der Waals surface area contributed by atoms with Crippen molar-refractivity contribution < 1.29 is 30.5 Å². The van der Waals surface area contributed by atoms with Gasteiger partial charge in [-0.25, -0.2) is 4.98 Å². The van der Waals surface area contributed by atoms with Crippen molar-refractivity contribution in [2.45, 2.75) is 163 Å². The molecule has 0 bridgehead atoms. The van der Waals surface area contributed by atoms with Crippen LogP contribution in [0.4, 0.5) is 17.2 Å². The first-order valence-corrected chi connectivity index (χ1v) is 23.8. The van der Waals surface area contributed by atoms with Gasteiger partial charge in [0.25, 0.3) is 0 Å². The molecule has 9 rings (SSSR count). The molecule has 350 valence electrons. The van der Waals surface area contributed by atoms with Crippen LogP contribution in [-0.2, 0) is 64.0 Å². The van der Waals surface area contributed by atoms with Crippen molar-refractivity contribution >= 4 is 23.1 Å². The molecule has 5 nitrogen and oxygen atoms in total. The second kappa shape index (κ2) is 15.8. The summed E-state index contributed by atoms with van der Waals surface area (Å²) in [6.07, 6.45) is 1.93. The Hall–Kier alpha value is -4.99. The van der Waals surface area contributed by atoms with E-state index in [4.69, 9.17) is 19.5 Å². The van der Waals surface area contributed by atoms with E-state index < -0.39 is 11.1 Å². The Bertz CT molecular complexity index is 3000. The first-order valence-electron chi connectivity index (χ1n) is 23.8. The third-order valence-electron chi connectivity index (χ3n) is 14.8. The molecule has 0 saturated heterocycles. The molecule has 0 radical (unpaired) electrons. The van der Waals surface area contributed by atoms with Crippen molar-refractivity contribution in [3.63, 3.8) is 0 Å². The number of hydrogen-bond acceptors (Lipinski definition) is 5. The summed E-state index contributed by atoms with van der Waals surface area (Å²) in [5, 5.41) is 0. The van der Waals surface area contributed by atoms with Crippen LogP contribution in [-0.4, -0.2) is 10.9 Å². The quantitative estimate of drug-likeness (QED) is 0.165. The average molecular weight is 1070 g/mol. The molecule has 3 heterocycles. The molecule has 5 aromatic carbocycles. The van der Waals surface area contributed by atoms with Crippen LogP contribution in [0.2, 0.25) is 0 Å². The summed E-state index contributed by atoms with van der Waals surface area (Å²) in [5.74, 6) is 2.64. The number of hydrogen-bond donors (Lipinski definition) is 0. The Morgan fingerprint density at radius 3 is 1.78 bits per heavy atom. The van der Waals surface area contributed by atoms with E-state index in [9.17, 15) is 0 Å². The average Bonchev–Trinajstić information content (AvgIpc) is 3.52. The molecule has 0 unspecified atom stereocenters. The van der Waals surface area contributed by atoms with Gasteiger partial charge < -0.3 is 14.4 Å². The maximum absolute atomic E-state index is 7.32. The standard InChI is InChI=1S/C61H69N3O2.Pt/c1-36-19-24-50-48(27-36)59(15,16)49-28-37(2)52(35-51(49)64(50)53-34-41(25-26-62-53)57(9,10)11)65-43-30-38(29-42(31-43)58(12,13)14)54-63-60(17)46-22-20-39(55(3,4)5)32-44(46)45-33-40(56(6,7)8)21-23-47(45)61(60,18)66-54;/h19-29,31-34H,1-18H3;/q-2;+2/t60-,61+;/m1./s1. The Labute approximate surface area is 416 Å². The summed E-state index contributed by atoms with van der Waals surface area (Å²) in [5.41, 5.74) is 15.0. The van der Waals surface area contributed by atoms with Crippen LogP contribution in [0.25, 0.3) is 11.1 Å². The van der Waals surface area contributed by atoms with E-state index in [1.54, 1.807) is 0 Å². The molecule has 6 aromatic rings. The zero-order chi connectivity index (χ0) is 47.9. The van der Waals surface area contributed by atoms with Crippen LogP contribution >= 0.6 is 0 Å². The van der Waals surface area contributed by atoms with Gasteiger partial charge in [0.1, 0.15) is 22.9 Å². The van der Waals surface area contributed by atoms with Gasteiger partial charge in [-0.05, 0) is 105 Å². The predicted molar refractivity (Wildman–Crippen MR) is 274 cm³/mol. The number of anilines is 3. The van der Waals surface area contributed by atoms with Crippen molar-refractivity contribution in [1.29, 1.82) is 0 Å². The van der Waals surface area contributed by atoms with Gasteiger partial charge in [0, 0.05) is 28.9 Å². The van der Waals surface area contributed by atoms with Gasteiger partial charge in [-0.1, -0.05) is 181 Å². The molecule has 2 aliphatic heterocycles. The van der Waals surface area contributed by atoms with Crippen molar-refractivity contribution in [2.75, 3.05) is 4.90 Å². The summed E-state index contributed by atoms with van der Waals surface area (Å²) in [7, 11) is 0. The minimum Gasteiger partial charge on any atom is -0.507 e. The van der Waals surface area contributed by atoms with Crippen LogP contribution in [0.15, 0.2) is 96.1 Å². The number of ether oxygens (including phenoxy) is 2. The minimum atomic E-state index is -0.788. The van der Waals surface area contributed by atoms with Gasteiger partial charge in [-0.15, -0.1) is 28.8 Å². The SMILES string of the molecule is Cc1ccc2c(c1)C(C)(C)c1cc(C)c(Oc3[c-]c(C4=N[C@]5(C)c6ccc(C(C)(C)C)cc6-c6cc(C(C)(C)C)ccc6[C@]5(C)O4)cc(C(C)(C)C)c3)[c-]c1N2c1cc(C(C)(C)C)ccn1.[Pt+2]. The molecule has 6 heteroatoms. The van der Waals surface area contributed by atoms with Gasteiger partial charge in [-0.3, -0.25) is 4.99 Å². The normalized spacial score (nSPS) is 19.5. The molecule has 0 N–H and O–H groups in total. The zero-order valence-corrected chi connectivity index (χ0v) is 45.4. The molecule has 0 saturated carbocycles. The van der Waals surface area contributed by atoms with Gasteiger partial charge >= 0.3 is 21.1 Å². The Balaban J connectivity index is 0.00000608. The number of aliphatic imine (C=N–C) groups is 1. The van der Waals surface area contributed by atoms with E-state index in [2.05, 4.69) is 227 Å². The molecular weight excluding hydrogens is 1000 g/mol. The summed E-state index contributed by atoms with van der Waals surface area (Å²) < 4.78 is 14.4.